The molecule has 0 aliphatic heterocycles. The van der Waals surface area contributed by atoms with E-state index in [4.69, 9.17) is 10.5 Å². The Balaban J connectivity index is 2.69. The minimum Gasteiger partial charge on any atom is -0.493 e. The van der Waals surface area contributed by atoms with E-state index in [1.54, 1.807) is 0 Å². The van der Waals surface area contributed by atoms with Crippen LogP contribution < -0.4 is 15.8 Å². The van der Waals surface area contributed by atoms with Gasteiger partial charge in [-0.15, -0.1) is 0 Å². The van der Waals surface area contributed by atoms with Gasteiger partial charge in [-0.25, -0.2) is 0 Å². The summed E-state index contributed by atoms with van der Waals surface area (Å²) in [4.78, 5) is 12.1. The number of hydrogen-bond acceptors (Lipinski definition) is 3. The minimum absolute atomic E-state index is 0.182. The molecule has 1 amide bonds. The van der Waals surface area contributed by atoms with Crippen LogP contribution in [0.5, 0.6) is 5.75 Å². The summed E-state index contributed by atoms with van der Waals surface area (Å²) < 4.78 is 5.63. The minimum atomic E-state index is -0.553. The van der Waals surface area contributed by atoms with Gasteiger partial charge in [0.05, 0.1) is 12.6 Å². The normalized spacial score (nSPS) is 13.2. The van der Waals surface area contributed by atoms with Gasteiger partial charge >= 0.3 is 0 Å². The lowest BCUT2D eigenvalue weighted by atomic mass is 9.87. The number of anilines is 1. The van der Waals surface area contributed by atoms with Crippen LogP contribution in [0.15, 0.2) is 24.3 Å². The van der Waals surface area contributed by atoms with Gasteiger partial charge in [0.15, 0.2) is 0 Å². The van der Waals surface area contributed by atoms with Crippen molar-refractivity contribution in [3.8, 4) is 5.75 Å². The highest BCUT2D eigenvalue weighted by atomic mass is 16.5. The smallest absolute Gasteiger partial charge is 0.241 e. The van der Waals surface area contributed by atoms with Crippen molar-refractivity contribution >= 4 is 11.6 Å². The molecule has 1 aromatic rings. The molecule has 0 unspecified atom stereocenters. The molecule has 0 fully saturated rings. The van der Waals surface area contributed by atoms with E-state index in [2.05, 4.69) is 19.2 Å². The van der Waals surface area contributed by atoms with Crippen LogP contribution in [0.2, 0.25) is 0 Å². The Morgan fingerprint density at radius 3 is 2.55 bits per heavy atom. The largest absolute Gasteiger partial charge is 0.493 e. The number of amides is 1. The molecule has 0 aliphatic carbocycles. The topological polar surface area (TPSA) is 64.3 Å². The van der Waals surface area contributed by atoms with Crippen LogP contribution in [-0.2, 0) is 4.79 Å². The molecule has 1 rings (SSSR count). The van der Waals surface area contributed by atoms with Crippen LogP contribution in [-0.4, -0.2) is 18.6 Å². The molecule has 4 nitrogen and oxygen atoms in total. The molecule has 0 saturated heterocycles. The first-order valence-corrected chi connectivity index (χ1v) is 6.99. The van der Waals surface area contributed by atoms with E-state index in [0.717, 1.165) is 5.75 Å². The first kappa shape index (κ1) is 16.5. The number of rotatable bonds is 5. The number of benzene rings is 1. The lowest BCUT2D eigenvalue weighted by Crippen LogP contribution is -2.45. The summed E-state index contributed by atoms with van der Waals surface area (Å²) in [5, 5.41) is 2.83. The van der Waals surface area contributed by atoms with E-state index in [-0.39, 0.29) is 11.3 Å². The summed E-state index contributed by atoms with van der Waals surface area (Å²) in [5.41, 5.74) is 6.37. The fraction of sp³-hybridized carbons (Fsp3) is 0.562. The van der Waals surface area contributed by atoms with E-state index >= 15 is 0 Å². The number of carbonyl (C=O) groups excluding carboxylic acids is 1. The molecule has 0 aliphatic rings. The lowest BCUT2D eigenvalue weighted by molar-refractivity contribution is -0.119. The fourth-order valence-electron chi connectivity index (χ4n) is 1.54. The first-order valence-electron chi connectivity index (χ1n) is 6.99. The van der Waals surface area contributed by atoms with E-state index in [1.807, 2.05) is 45.0 Å². The van der Waals surface area contributed by atoms with Gasteiger partial charge in [0.1, 0.15) is 5.75 Å². The van der Waals surface area contributed by atoms with Crippen molar-refractivity contribution in [1.29, 1.82) is 0 Å². The van der Waals surface area contributed by atoms with Gasteiger partial charge in [-0.3, -0.25) is 4.79 Å². The second kappa shape index (κ2) is 6.75. The summed E-state index contributed by atoms with van der Waals surface area (Å²) in [7, 11) is 0. The number of ether oxygens (including phenoxy) is 1. The Morgan fingerprint density at radius 1 is 1.35 bits per heavy atom. The van der Waals surface area contributed by atoms with Gasteiger partial charge in [0, 0.05) is 11.8 Å². The third kappa shape index (κ3) is 5.21. The predicted molar refractivity (Wildman–Crippen MR) is 82.8 cm³/mol. The van der Waals surface area contributed by atoms with Gasteiger partial charge < -0.3 is 15.8 Å². The molecule has 0 radical (unpaired) electrons. The van der Waals surface area contributed by atoms with Crippen LogP contribution in [0.25, 0.3) is 0 Å². The van der Waals surface area contributed by atoms with Crippen molar-refractivity contribution in [1.82, 2.24) is 0 Å². The zero-order valence-electron chi connectivity index (χ0n) is 13.1. The van der Waals surface area contributed by atoms with E-state index < -0.39 is 6.04 Å². The van der Waals surface area contributed by atoms with Crippen LogP contribution in [0.1, 0.15) is 34.6 Å². The van der Waals surface area contributed by atoms with Gasteiger partial charge in [0.25, 0.3) is 0 Å². The average molecular weight is 278 g/mol. The number of nitrogens with two attached hydrogens (primary N) is 1. The van der Waals surface area contributed by atoms with Crippen LogP contribution in [0, 0.1) is 11.3 Å². The molecule has 20 heavy (non-hydrogen) atoms. The quantitative estimate of drug-likeness (QED) is 0.870. The number of nitrogens with one attached hydrogen (secondary N) is 1. The third-order valence-corrected chi connectivity index (χ3v) is 2.90. The predicted octanol–water partition coefficient (Wildman–Crippen LogP) is 3.03. The lowest BCUT2D eigenvalue weighted by Gasteiger charge is -2.25. The zero-order valence-corrected chi connectivity index (χ0v) is 13.1. The van der Waals surface area contributed by atoms with E-state index in [9.17, 15) is 4.79 Å². The second-order valence-corrected chi connectivity index (χ2v) is 6.57. The van der Waals surface area contributed by atoms with Crippen molar-refractivity contribution in [3.05, 3.63) is 24.3 Å². The Morgan fingerprint density at radius 2 is 2.00 bits per heavy atom. The van der Waals surface area contributed by atoms with Gasteiger partial charge in [-0.2, -0.15) is 0 Å². The van der Waals surface area contributed by atoms with E-state index in [1.165, 1.54) is 0 Å². The third-order valence-electron chi connectivity index (χ3n) is 2.90. The molecule has 0 heterocycles. The molecular formula is C16H26N2O2. The van der Waals surface area contributed by atoms with Crippen molar-refractivity contribution < 1.29 is 9.53 Å². The molecule has 1 atom stereocenters. The molecule has 0 aromatic heterocycles. The maximum Gasteiger partial charge on any atom is 0.241 e. The van der Waals surface area contributed by atoms with E-state index in [0.29, 0.717) is 18.2 Å². The Labute approximate surface area is 121 Å². The van der Waals surface area contributed by atoms with Crippen molar-refractivity contribution in [2.24, 2.45) is 17.1 Å². The van der Waals surface area contributed by atoms with Crippen molar-refractivity contribution in [3.63, 3.8) is 0 Å². The monoisotopic (exact) mass is 278 g/mol. The van der Waals surface area contributed by atoms with Crippen molar-refractivity contribution in [2.45, 2.75) is 40.7 Å². The first-order chi connectivity index (χ1) is 9.20. The molecule has 1 aromatic carbocycles. The van der Waals surface area contributed by atoms with Crippen molar-refractivity contribution in [2.75, 3.05) is 11.9 Å². The van der Waals surface area contributed by atoms with Crippen LogP contribution in [0.3, 0.4) is 0 Å². The molecule has 0 bridgehead atoms. The van der Waals surface area contributed by atoms with Crippen LogP contribution >= 0.6 is 0 Å². The Kier molecular flexibility index (Phi) is 5.57. The maximum absolute atomic E-state index is 12.1. The highest BCUT2D eigenvalue weighted by Gasteiger charge is 2.27. The standard InChI is InChI=1S/C16H26N2O2/c1-11(2)10-20-13-8-6-7-12(9-13)18-15(19)14(17)16(3,4)5/h6-9,11,14H,10,17H2,1-5H3,(H,18,19)/t14-/m1/s1. The highest BCUT2D eigenvalue weighted by Crippen LogP contribution is 2.21. The summed E-state index contributed by atoms with van der Waals surface area (Å²) in [6, 6.07) is 6.82. The van der Waals surface area contributed by atoms with Crippen LogP contribution in [0.4, 0.5) is 5.69 Å². The van der Waals surface area contributed by atoms with Gasteiger partial charge in [-0.05, 0) is 23.5 Å². The number of carbonyl (C=O) groups is 1. The Hall–Kier alpha value is -1.55. The average Bonchev–Trinajstić information content (AvgIpc) is 2.34. The highest BCUT2D eigenvalue weighted by molar-refractivity contribution is 5.95. The molecule has 112 valence electrons. The summed E-state index contributed by atoms with van der Waals surface area (Å²) >= 11 is 0. The zero-order chi connectivity index (χ0) is 15.3. The molecule has 0 spiro atoms. The maximum atomic E-state index is 12.1. The fourth-order valence-corrected chi connectivity index (χ4v) is 1.54. The molecular weight excluding hydrogens is 252 g/mol. The summed E-state index contributed by atoms with van der Waals surface area (Å²) in [6.07, 6.45) is 0. The molecule has 3 N–H and O–H groups in total. The van der Waals surface area contributed by atoms with Gasteiger partial charge in [-0.1, -0.05) is 40.7 Å². The Bertz CT molecular complexity index is 450. The number of hydrogen-bond donors (Lipinski definition) is 2. The second-order valence-electron chi connectivity index (χ2n) is 6.57. The molecule has 0 saturated carbocycles. The van der Waals surface area contributed by atoms with Gasteiger partial charge in [0.2, 0.25) is 5.91 Å². The summed E-state index contributed by atoms with van der Waals surface area (Å²) in [6.45, 7) is 10.7. The SMILES string of the molecule is CC(C)COc1cccc(NC(=O)[C@@H](N)C(C)(C)C)c1. The summed E-state index contributed by atoms with van der Waals surface area (Å²) in [5.74, 6) is 1.03. The molecule has 4 heteroatoms.